The molecule has 0 aliphatic carbocycles. The normalized spacial score (nSPS) is 16.0. The second-order valence-electron chi connectivity index (χ2n) is 10.3. The standard InChI is InChI=1S/C27H29BrN6O4S/c1-27(2,3)38-26(35)33-14-13-20(17-33)32-39(36,37)21-11-9-19(10-12-21)30-24-15-23(18-7-5-4-6-8-18)31-25-22(28)16-29-34(24)25/h4-12,15-16,20,30,32H,13-14,17H2,1-3H3/t20-/m0/s1. The Morgan fingerprint density at radius 1 is 1.10 bits per heavy atom. The fourth-order valence-corrected chi connectivity index (χ4v) is 5.89. The van der Waals surface area contributed by atoms with Crippen molar-refractivity contribution in [2.45, 2.75) is 43.7 Å². The zero-order valence-electron chi connectivity index (χ0n) is 21.8. The predicted molar refractivity (Wildman–Crippen MR) is 152 cm³/mol. The Morgan fingerprint density at radius 3 is 2.51 bits per heavy atom. The summed E-state index contributed by atoms with van der Waals surface area (Å²) in [4.78, 5) is 18.7. The summed E-state index contributed by atoms with van der Waals surface area (Å²) >= 11 is 3.51. The number of rotatable bonds is 6. The summed E-state index contributed by atoms with van der Waals surface area (Å²) in [6.07, 6.45) is 1.75. The van der Waals surface area contributed by atoms with Gasteiger partial charge < -0.3 is 15.0 Å². The molecule has 1 atom stereocenters. The summed E-state index contributed by atoms with van der Waals surface area (Å²) in [5.74, 6) is 0.673. The Bertz CT molecular complexity index is 1600. The van der Waals surface area contributed by atoms with E-state index in [1.807, 2.05) is 36.4 Å². The molecule has 1 fully saturated rings. The van der Waals surface area contributed by atoms with Crippen molar-refractivity contribution < 1.29 is 17.9 Å². The second-order valence-corrected chi connectivity index (χ2v) is 12.9. The highest BCUT2D eigenvalue weighted by molar-refractivity contribution is 9.10. The van der Waals surface area contributed by atoms with Crippen LogP contribution in [0.3, 0.4) is 0 Å². The highest BCUT2D eigenvalue weighted by atomic mass is 79.9. The van der Waals surface area contributed by atoms with Gasteiger partial charge in [0.15, 0.2) is 5.65 Å². The van der Waals surface area contributed by atoms with Gasteiger partial charge in [0.25, 0.3) is 0 Å². The van der Waals surface area contributed by atoms with Crippen LogP contribution in [-0.4, -0.2) is 58.7 Å². The number of carbonyl (C=O) groups excluding carboxylic acids is 1. The van der Waals surface area contributed by atoms with Crippen molar-refractivity contribution in [3.63, 3.8) is 0 Å². The molecule has 3 heterocycles. The van der Waals surface area contributed by atoms with Crippen LogP contribution in [0.1, 0.15) is 27.2 Å². The molecule has 0 unspecified atom stereocenters. The number of ether oxygens (including phenoxy) is 1. The molecular formula is C27H29BrN6O4S. The van der Waals surface area contributed by atoms with Crippen LogP contribution in [0.5, 0.6) is 0 Å². The lowest BCUT2D eigenvalue weighted by molar-refractivity contribution is 0.0292. The molecule has 5 rings (SSSR count). The number of aromatic nitrogens is 3. The number of nitrogens with one attached hydrogen (secondary N) is 2. The topological polar surface area (TPSA) is 118 Å². The Hall–Kier alpha value is -3.48. The Morgan fingerprint density at radius 2 is 1.82 bits per heavy atom. The van der Waals surface area contributed by atoms with Crippen molar-refractivity contribution in [3.8, 4) is 11.3 Å². The van der Waals surface area contributed by atoms with Gasteiger partial charge in [0.1, 0.15) is 11.4 Å². The van der Waals surface area contributed by atoms with Crippen LogP contribution in [0, 0.1) is 0 Å². The molecular weight excluding hydrogens is 584 g/mol. The average molecular weight is 614 g/mol. The van der Waals surface area contributed by atoms with E-state index in [0.29, 0.717) is 30.1 Å². The number of likely N-dealkylation sites (tertiary alicyclic amines) is 1. The van der Waals surface area contributed by atoms with Gasteiger partial charge in [-0.25, -0.2) is 22.9 Å². The molecule has 2 aromatic carbocycles. The van der Waals surface area contributed by atoms with Crippen molar-refractivity contribution in [3.05, 3.63) is 71.3 Å². The summed E-state index contributed by atoms with van der Waals surface area (Å²) in [6, 6.07) is 17.8. The smallest absolute Gasteiger partial charge is 0.410 e. The van der Waals surface area contributed by atoms with Gasteiger partial charge in [0.05, 0.1) is 21.3 Å². The largest absolute Gasteiger partial charge is 0.444 e. The fourth-order valence-electron chi connectivity index (χ4n) is 4.28. The molecule has 204 valence electrons. The molecule has 1 aliphatic heterocycles. The van der Waals surface area contributed by atoms with Crippen molar-refractivity contribution in [1.29, 1.82) is 0 Å². The number of nitrogens with zero attached hydrogens (tertiary/aromatic N) is 4. The number of sulfonamides is 1. The van der Waals surface area contributed by atoms with Gasteiger partial charge in [0, 0.05) is 36.4 Å². The minimum Gasteiger partial charge on any atom is -0.444 e. The second kappa shape index (κ2) is 10.6. The van der Waals surface area contributed by atoms with Gasteiger partial charge in [0.2, 0.25) is 10.0 Å². The van der Waals surface area contributed by atoms with E-state index in [9.17, 15) is 13.2 Å². The van der Waals surface area contributed by atoms with Crippen LogP contribution in [0.2, 0.25) is 0 Å². The minimum atomic E-state index is -3.78. The van der Waals surface area contributed by atoms with Crippen LogP contribution in [-0.2, 0) is 14.8 Å². The number of hydrogen-bond donors (Lipinski definition) is 2. The highest BCUT2D eigenvalue weighted by Gasteiger charge is 2.32. The number of amides is 1. The average Bonchev–Trinajstić information content (AvgIpc) is 3.50. The molecule has 0 radical (unpaired) electrons. The number of carbonyl (C=O) groups is 1. The van der Waals surface area contributed by atoms with Crippen LogP contribution < -0.4 is 10.0 Å². The van der Waals surface area contributed by atoms with Crippen LogP contribution in [0.15, 0.2) is 76.2 Å². The predicted octanol–water partition coefficient (Wildman–Crippen LogP) is 5.19. The molecule has 1 amide bonds. The SMILES string of the molecule is CC(C)(C)OC(=O)N1CC[C@H](NS(=O)(=O)c2ccc(Nc3cc(-c4ccccc4)nc4c(Br)cnn34)cc2)C1. The zero-order valence-corrected chi connectivity index (χ0v) is 24.2. The molecule has 0 spiro atoms. The number of halogens is 1. The third kappa shape index (κ3) is 6.23. The van der Waals surface area contributed by atoms with E-state index in [4.69, 9.17) is 9.72 Å². The van der Waals surface area contributed by atoms with Gasteiger partial charge in [-0.05, 0) is 67.4 Å². The van der Waals surface area contributed by atoms with Gasteiger partial charge in [-0.1, -0.05) is 30.3 Å². The number of anilines is 2. The maximum Gasteiger partial charge on any atom is 0.410 e. The van der Waals surface area contributed by atoms with Gasteiger partial charge >= 0.3 is 6.09 Å². The first kappa shape index (κ1) is 27.1. The quantitative estimate of drug-likeness (QED) is 0.307. The van der Waals surface area contributed by atoms with Crippen molar-refractivity contribution in [2.75, 3.05) is 18.4 Å². The summed E-state index contributed by atoms with van der Waals surface area (Å²) in [6.45, 7) is 6.09. The maximum atomic E-state index is 13.0. The zero-order chi connectivity index (χ0) is 27.8. The van der Waals surface area contributed by atoms with E-state index in [1.54, 1.807) is 55.7 Å². The third-order valence-corrected chi connectivity index (χ3v) is 8.19. The monoisotopic (exact) mass is 612 g/mol. The van der Waals surface area contributed by atoms with E-state index in [0.717, 1.165) is 15.7 Å². The Balaban J connectivity index is 1.30. The number of benzene rings is 2. The summed E-state index contributed by atoms with van der Waals surface area (Å²) in [7, 11) is -3.78. The van der Waals surface area contributed by atoms with E-state index in [1.165, 1.54) is 4.90 Å². The van der Waals surface area contributed by atoms with E-state index < -0.39 is 21.7 Å². The molecule has 10 nitrogen and oxygen atoms in total. The first-order chi connectivity index (χ1) is 18.5. The van der Waals surface area contributed by atoms with Crippen molar-refractivity contribution >= 4 is 49.2 Å². The third-order valence-electron chi connectivity index (χ3n) is 6.10. The minimum absolute atomic E-state index is 0.135. The molecule has 0 bridgehead atoms. The molecule has 1 aliphatic rings. The lowest BCUT2D eigenvalue weighted by atomic mass is 10.1. The fraction of sp³-hybridized carbons (Fsp3) is 0.296. The summed E-state index contributed by atoms with van der Waals surface area (Å²) < 4.78 is 36.6. The summed E-state index contributed by atoms with van der Waals surface area (Å²) in [5, 5.41) is 7.73. The first-order valence-corrected chi connectivity index (χ1v) is 14.7. The van der Waals surface area contributed by atoms with Crippen molar-refractivity contribution in [2.24, 2.45) is 0 Å². The maximum absolute atomic E-state index is 13.0. The molecule has 12 heteroatoms. The lowest BCUT2D eigenvalue weighted by Crippen LogP contribution is -2.40. The number of hydrogen-bond acceptors (Lipinski definition) is 7. The molecule has 39 heavy (non-hydrogen) atoms. The van der Waals surface area contributed by atoms with E-state index in [2.05, 4.69) is 31.1 Å². The number of fused-ring (bicyclic) bond motifs is 1. The van der Waals surface area contributed by atoms with E-state index in [-0.39, 0.29) is 17.5 Å². The molecule has 2 N–H and O–H groups in total. The lowest BCUT2D eigenvalue weighted by Gasteiger charge is -2.24. The van der Waals surface area contributed by atoms with Gasteiger partial charge in [-0.3, -0.25) is 0 Å². The molecule has 2 aromatic heterocycles. The first-order valence-electron chi connectivity index (χ1n) is 12.5. The highest BCUT2D eigenvalue weighted by Crippen LogP contribution is 2.28. The van der Waals surface area contributed by atoms with Crippen LogP contribution >= 0.6 is 15.9 Å². The Kier molecular flexibility index (Phi) is 7.36. The van der Waals surface area contributed by atoms with Gasteiger partial charge in [-0.2, -0.15) is 9.61 Å². The Labute approximate surface area is 235 Å². The van der Waals surface area contributed by atoms with Crippen LogP contribution in [0.25, 0.3) is 16.9 Å². The molecule has 4 aromatic rings. The van der Waals surface area contributed by atoms with Crippen molar-refractivity contribution in [1.82, 2.24) is 24.2 Å². The van der Waals surface area contributed by atoms with Crippen LogP contribution in [0.4, 0.5) is 16.3 Å². The molecule has 1 saturated heterocycles. The van der Waals surface area contributed by atoms with Gasteiger partial charge in [-0.15, -0.1) is 0 Å². The summed E-state index contributed by atoms with van der Waals surface area (Å²) in [5.41, 5.74) is 2.46. The molecule has 0 saturated carbocycles. The van der Waals surface area contributed by atoms with E-state index >= 15 is 0 Å².